The molecule has 0 aliphatic rings. The van der Waals surface area contributed by atoms with E-state index >= 15 is 0 Å². The van der Waals surface area contributed by atoms with Gasteiger partial charge in [-0.15, -0.1) is 10.2 Å². The van der Waals surface area contributed by atoms with E-state index in [1.165, 1.54) is 11.1 Å². The Morgan fingerprint density at radius 2 is 1.63 bits per heavy atom. The summed E-state index contributed by atoms with van der Waals surface area (Å²) in [5.41, 5.74) is 3.37. The normalized spacial score (nSPS) is 10.6. The molecule has 3 heteroatoms. The van der Waals surface area contributed by atoms with E-state index in [-0.39, 0.29) is 0 Å². The highest BCUT2D eigenvalue weighted by molar-refractivity contribution is 5.51. The van der Waals surface area contributed by atoms with E-state index in [2.05, 4.69) is 41.4 Å². The minimum absolute atomic E-state index is 0.572. The second-order valence-corrected chi connectivity index (χ2v) is 4.53. The van der Waals surface area contributed by atoms with E-state index < -0.39 is 0 Å². The molecule has 0 aliphatic carbocycles. The summed E-state index contributed by atoms with van der Waals surface area (Å²) in [4.78, 5) is 0. The Morgan fingerprint density at radius 3 is 2.37 bits per heavy atom. The molecular weight excluding hydrogens is 236 g/mol. The Balaban J connectivity index is 1.80. The summed E-state index contributed by atoms with van der Waals surface area (Å²) in [7, 11) is 0. The standard InChI is InChI=1S/C16H14N2O/c1-12-7-9-13(10-8-12)11-15-17-18-16(19-15)14-5-3-2-4-6-14/h2-10H,11H2,1H3. The molecule has 0 radical (unpaired) electrons. The molecule has 0 saturated carbocycles. The van der Waals surface area contributed by atoms with Crippen molar-refractivity contribution in [3.8, 4) is 11.5 Å². The Kier molecular flexibility index (Phi) is 3.11. The van der Waals surface area contributed by atoms with Gasteiger partial charge in [-0.3, -0.25) is 0 Å². The molecule has 94 valence electrons. The first-order chi connectivity index (χ1) is 9.31. The van der Waals surface area contributed by atoms with Crippen LogP contribution in [0.3, 0.4) is 0 Å². The van der Waals surface area contributed by atoms with Gasteiger partial charge in [0, 0.05) is 5.56 Å². The van der Waals surface area contributed by atoms with Gasteiger partial charge in [-0.2, -0.15) is 0 Å². The van der Waals surface area contributed by atoms with Gasteiger partial charge >= 0.3 is 0 Å². The van der Waals surface area contributed by atoms with Crippen LogP contribution < -0.4 is 0 Å². The van der Waals surface area contributed by atoms with Crippen LogP contribution in [0.1, 0.15) is 17.0 Å². The molecule has 0 atom stereocenters. The average Bonchev–Trinajstić information content (AvgIpc) is 2.91. The monoisotopic (exact) mass is 250 g/mol. The van der Waals surface area contributed by atoms with Crippen LogP contribution in [0.25, 0.3) is 11.5 Å². The number of benzene rings is 2. The third kappa shape index (κ3) is 2.71. The zero-order valence-electron chi connectivity index (χ0n) is 10.7. The van der Waals surface area contributed by atoms with Crippen molar-refractivity contribution in [1.82, 2.24) is 10.2 Å². The summed E-state index contributed by atoms with van der Waals surface area (Å²) in [5, 5.41) is 8.18. The molecule has 3 aromatic rings. The summed E-state index contributed by atoms with van der Waals surface area (Å²) < 4.78 is 5.68. The predicted molar refractivity (Wildman–Crippen MR) is 73.7 cm³/mol. The summed E-state index contributed by atoms with van der Waals surface area (Å²) in [6.45, 7) is 2.07. The zero-order valence-corrected chi connectivity index (χ0v) is 10.7. The predicted octanol–water partition coefficient (Wildman–Crippen LogP) is 3.64. The smallest absolute Gasteiger partial charge is 0.247 e. The van der Waals surface area contributed by atoms with Crippen LogP contribution in [0.15, 0.2) is 59.0 Å². The molecule has 0 spiro atoms. The number of nitrogens with zero attached hydrogens (tertiary/aromatic N) is 2. The largest absolute Gasteiger partial charge is 0.420 e. The van der Waals surface area contributed by atoms with Crippen LogP contribution in [0.4, 0.5) is 0 Å². The van der Waals surface area contributed by atoms with E-state index in [4.69, 9.17) is 4.42 Å². The molecule has 0 aliphatic heterocycles. The lowest BCUT2D eigenvalue weighted by atomic mass is 10.1. The van der Waals surface area contributed by atoms with Gasteiger partial charge < -0.3 is 4.42 Å². The van der Waals surface area contributed by atoms with Gasteiger partial charge in [0.2, 0.25) is 11.8 Å². The molecule has 0 saturated heterocycles. The fourth-order valence-corrected chi connectivity index (χ4v) is 1.90. The molecule has 1 aromatic heterocycles. The van der Waals surface area contributed by atoms with Crippen molar-refractivity contribution in [3.63, 3.8) is 0 Å². The van der Waals surface area contributed by atoms with E-state index in [1.807, 2.05) is 30.3 Å². The third-order valence-electron chi connectivity index (χ3n) is 2.96. The lowest BCUT2D eigenvalue weighted by Crippen LogP contribution is -1.88. The van der Waals surface area contributed by atoms with E-state index in [0.717, 1.165) is 5.56 Å². The van der Waals surface area contributed by atoms with Gasteiger partial charge in [-0.1, -0.05) is 48.0 Å². The van der Waals surface area contributed by atoms with Crippen molar-refractivity contribution in [2.75, 3.05) is 0 Å². The Hall–Kier alpha value is -2.42. The summed E-state index contributed by atoms with van der Waals surface area (Å²) in [5.74, 6) is 1.21. The first-order valence-electron chi connectivity index (χ1n) is 6.24. The molecule has 2 aromatic carbocycles. The lowest BCUT2D eigenvalue weighted by molar-refractivity contribution is 0.518. The van der Waals surface area contributed by atoms with Gasteiger partial charge in [0.05, 0.1) is 6.42 Å². The second-order valence-electron chi connectivity index (χ2n) is 4.53. The minimum atomic E-state index is 0.572. The molecule has 0 amide bonds. The Labute approximate surface area is 111 Å². The third-order valence-corrected chi connectivity index (χ3v) is 2.96. The van der Waals surface area contributed by atoms with Crippen LogP contribution in [-0.2, 0) is 6.42 Å². The molecule has 19 heavy (non-hydrogen) atoms. The van der Waals surface area contributed by atoms with E-state index in [0.29, 0.717) is 18.2 Å². The highest BCUT2D eigenvalue weighted by atomic mass is 16.4. The lowest BCUT2D eigenvalue weighted by Gasteiger charge is -1.97. The fourth-order valence-electron chi connectivity index (χ4n) is 1.90. The molecule has 1 heterocycles. The highest BCUT2D eigenvalue weighted by Gasteiger charge is 2.08. The second kappa shape index (κ2) is 5.06. The summed E-state index contributed by atoms with van der Waals surface area (Å²) in [6.07, 6.45) is 0.667. The van der Waals surface area contributed by atoms with Crippen LogP contribution in [-0.4, -0.2) is 10.2 Å². The minimum Gasteiger partial charge on any atom is -0.420 e. The summed E-state index contributed by atoms with van der Waals surface area (Å²) in [6, 6.07) is 18.1. The number of hydrogen-bond acceptors (Lipinski definition) is 3. The van der Waals surface area contributed by atoms with Crippen LogP contribution in [0.5, 0.6) is 0 Å². The van der Waals surface area contributed by atoms with Crippen LogP contribution in [0.2, 0.25) is 0 Å². The van der Waals surface area contributed by atoms with Crippen molar-refractivity contribution in [2.24, 2.45) is 0 Å². The highest BCUT2D eigenvalue weighted by Crippen LogP contribution is 2.18. The average molecular weight is 250 g/mol. The zero-order chi connectivity index (χ0) is 13.1. The van der Waals surface area contributed by atoms with Gasteiger partial charge in [-0.25, -0.2) is 0 Å². The summed E-state index contributed by atoms with van der Waals surface area (Å²) >= 11 is 0. The maximum absolute atomic E-state index is 5.68. The van der Waals surface area contributed by atoms with E-state index in [1.54, 1.807) is 0 Å². The number of aromatic nitrogens is 2. The van der Waals surface area contributed by atoms with Gasteiger partial charge in [-0.05, 0) is 24.6 Å². The maximum Gasteiger partial charge on any atom is 0.247 e. The number of hydrogen-bond donors (Lipinski definition) is 0. The molecular formula is C16H14N2O. The number of rotatable bonds is 3. The van der Waals surface area contributed by atoms with Crippen molar-refractivity contribution in [1.29, 1.82) is 0 Å². The topological polar surface area (TPSA) is 38.9 Å². The van der Waals surface area contributed by atoms with E-state index in [9.17, 15) is 0 Å². The quantitative estimate of drug-likeness (QED) is 0.712. The molecule has 0 N–H and O–H groups in total. The van der Waals surface area contributed by atoms with Crippen molar-refractivity contribution >= 4 is 0 Å². The van der Waals surface area contributed by atoms with Gasteiger partial charge in [0.1, 0.15) is 0 Å². The molecule has 0 unspecified atom stereocenters. The first-order valence-corrected chi connectivity index (χ1v) is 6.24. The molecule has 3 nitrogen and oxygen atoms in total. The van der Waals surface area contributed by atoms with Crippen molar-refractivity contribution in [3.05, 3.63) is 71.6 Å². The van der Waals surface area contributed by atoms with Gasteiger partial charge in [0.15, 0.2) is 0 Å². The van der Waals surface area contributed by atoms with Crippen molar-refractivity contribution < 1.29 is 4.42 Å². The molecule has 0 fully saturated rings. The number of aryl methyl sites for hydroxylation is 1. The van der Waals surface area contributed by atoms with Gasteiger partial charge in [0.25, 0.3) is 0 Å². The Morgan fingerprint density at radius 1 is 0.895 bits per heavy atom. The first kappa shape index (κ1) is 11.7. The SMILES string of the molecule is Cc1ccc(Cc2nnc(-c3ccccc3)o2)cc1. The maximum atomic E-state index is 5.68. The molecule has 3 rings (SSSR count). The molecule has 0 bridgehead atoms. The fraction of sp³-hybridized carbons (Fsp3) is 0.125. The van der Waals surface area contributed by atoms with Crippen LogP contribution >= 0.6 is 0 Å². The Bertz CT molecular complexity index is 657. The van der Waals surface area contributed by atoms with Crippen molar-refractivity contribution in [2.45, 2.75) is 13.3 Å². The van der Waals surface area contributed by atoms with Crippen LogP contribution in [0, 0.1) is 6.92 Å².